The van der Waals surface area contributed by atoms with Gasteiger partial charge in [-0.3, -0.25) is 24.1 Å². The number of ketones is 2. The first-order valence-corrected chi connectivity index (χ1v) is 16.2. The first-order chi connectivity index (χ1) is 22.9. The van der Waals surface area contributed by atoms with Crippen LogP contribution in [0.1, 0.15) is 24.3 Å². The Labute approximate surface area is 277 Å². The molecule has 0 bridgehead atoms. The number of ether oxygens (including phenoxy) is 1. The maximum atomic E-state index is 14.3. The average Bonchev–Trinajstić information content (AvgIpc) is 3.64. The third kappa shape index (κ3) is 4.65. The van der Waals surface area contributed by atoms with Crippen molar-refractivity contribution in [2.75, 3.05) is 18.1 Å². The first-order valence-electron chi connectivity index (χ1n) is 15.4. The van der Waals surface area contributed by atoms with Crippen LogP contribution in [0.15, 0.2) is 111 Å². The lowest BCUT2D eigenvalue weighted by Gasteiger charge is -2.42. The molecule has 8 rings (SSSR count). The van der Waals surface area contributed by atoms with Gasteiger partial charge in [0, 0.05) is 34.3 Å². The number of aromatic nitrogens is 1. The van der Waals surface area contributed by atoms with Crippen molar-refractivity contribution in [3.05, 3.63) is 112 Å². The second-order valence-corrected chi connectivity index (χ2v) is 12.9. The highest BCUT2D eigenvalue weighted by Crippen LogP contribution is 2.56. The number of aliphatic hydroxyl groups excluding tert-OH is 1. The van der Waals surface area contributed by atoms with Gasteiger partial charge < -0.3 is 14.3 Å². The Balaban J connectivity index is 1.17. The molecule has 234 valence electrons. The van der Waals surface area contributed by atoms with Crippen molar-refractivity contribution in [3.63, 3.8) is 0 Å². The molecule has 0 spiro atoms. The molecule has 10 heteroatoms. The number of oxazole rings is 1. The molecule has 1 fully saturated rings. The number of para-hydroxylation sites is 3. The number of amides is 2. The SMILES string of the molecule is O=C1C=C(Br)C(=O)C2=C1[C@@H](c1ccccc1OCCO)C1=CC[C@@H]3C(=O)N(c4ccc(-c5nc6ccccc6o5)cc4)C(=O)[C@@H]3[C@@H]1C2. The Morgan fingerprint density at radius 1 is 0.936 bits per heavy atom. The molecule has 1 aliphatic heterocycles. The Morgan fingerprint density at radius 2 is 1.70 bits per heavy atom. The number of anilines is 1. The van der Waals surface area contributed by atoms with Gasteiger partial charge in [-0.1, -0.05) is 42.0 Å². The van der Waals surface area contributed by atoms with Crippen LogP contribution < -0.4 is 9.64 Å². The number of rotatable bonds is 6. The minimum Gasteiger partial charge on any atom is -0.491 e. The number of allylic oxidation sites excluding steroid dienone is 6. The molecule has 2 amide bonds. The van der Waals surface area contributed by atoms with E-state index in [1.54, 1.807) is 36.4 Å². The van der Waals surface area contributed by atoms with Gasteiger partial charge in [0.1, 0.15) is 17.9 Å². The van der Waals surface area contributed by atoms with E-state index in [0.29, 0.717) is 51.6 Å². The van der Waals surface area contributed by atoms with E-state index in [1.807, 2.05) is 42.5 Å². The number of halogens is 1. The summed E-state index contributed by atoms with van der Waals surface area (Å²) in [6, 6.07) is 21.7. The number of aliphatic hydroxyl groups is 1. The smallest absolute Gasteiger partial charge is 0.238 e. The molecular weight excluding hydrogens is 664 g/mol. The third-order valence-corrected chi connectivity index (χ3v) is 10.2. The number of imide groups is 1. The van der Waals surface area contributed by atoms with Crippen molar-refractivity contribution in [3.8, 4) is 17.2 Å². The monoisotopic (exact) mass is 690 g/mol. The van der Waals surface area contributed by atoms with Crippen LogP contribution in [0.2, 0.25) is 0 Å². The summed E-state index contributed by atoms with van der Waals surface area (Å²) >= 11 is 3.27. The highest BCUT2D eigenvalue weighted by atomic mass is 79.9. The molecule has 0 saturated carbocycles. The van der Waals surface area contributed by atoms with Gasteiger partial charge in [0.2, 0.25) is 17.7 Å². The molecule has 47 heavy (non-hydrogen) atoms. The quantitative estimate of drug-likeness (QED) is 0.152. The highest BCUT2D eigenvalue weighted by molar-refractivity contribution is 9.12. The van der Waals surface area contributed by atoms with E-state index in [-0.39, 0.29) is 47.5 Å². The van der Waals surface area contributed by atoms with E-state index < -0.39 is 23.7 Å². The molecule has 4 atom stereocenters. The summed E-state index contributed by atoms with van der Waals surface area (Å²) < 4.78 is 11.9. The minimum absolute atomic E-state index is 0.0499. The number of carbonyl (C=O) groups is 4. The summed E-state index contributed by atoms with van der Waals surface area (Å²) in [6.07, 6.45) is 3.75. The van der Waals surface area contributed by atoms with Crippen molar-refractivity contribution < 1.29 is 33.4 Å². The zero-order valence-corrected chi connectivity index (χ0v) is 26.5. The number of carbonyl (C=O) groups excluding carboxylic acids is 4. The van der Waals surface area contributed by atoms with Crippen molar-refractivity contribution >= 4 is 56.1 Å². The van der Waals surface area contributed by atoms with E-state index in [9.17, 15) is 24.3 Å². The fraction of sp³-hybridized carbons (Fsp3) is 0.216. The summed E-state index contributed by atoms with van der Waals surface area (Å²) in [6.45, 7) is -0.147. The van der Waals surface area contributed by atoms with Gasteiger partial charge >= 0.3 is 0 Å². The summed E-state index contributed by atoms with van der Waals surface area (Å²) in [5.41, 5.74) is 4.75. The lowest BCUT2D eigenvalue weighted by Crippen LogP contribution is -2.39. The Kier molecular flexibility index (Phi) is 7.15. The van der Waals surface area contributed by atoms with Crippen LogP contribution in [0.3, 0.4) is 0 Å². The van der Waals surface area contributed by atoms with E-state index in [1.165, 1.54) is 11.0 Å². The van der Waals surface area contributed by atoms with Crippen LogP contribution in [-0.4, -0.2) is 46.7 Å². The molecule has 3 aromatic carbocycles. The Hall–Kier alpha value is -4.93. The minimum atomic E-state index is -0.714. The van der Waals surface area contributed by atoms with Gasteiger partial charge in [-0.05, 0) is 77.2 Å². The summed E-state index contributed by atoms with van der Waals surface area (Å²) in [4.78, 5) is 61.1. The van der Waals surface area contributed by atoms with Gasteiger partial charge in [-0.15, -0.1) is 0 Å². The van der Waals surface area contributed by atoms with Crippen molar-refractivity contribution in [1.82, 2.24) is 4.98 Å². The second kappa shape index (κ2) is 11.4. The molecule has 1 aromatic heterocycles. The van der Waals surface area contributed by atoms with Gasteiger partial charge in [0.25, 0.3) is 0 Å². The molecule has 9 nitrogen and oxygen atoms in total. The average molecular weight is 692 g/mol. The standard InChI is InChI=1S/C37H27BrN2O7/c38-26-18-28(42)33-25(34(26)43)17-24-21(31(33)22-5-1-3-7-29(22)46-16-15-41)13-14-23-32(24)37(45)40(36(23)44)20-11-9-19(10-12-20)35-39-27-6-2-4-8-30(27)47-35/h1-13,18,23-24,31-32,41H,14-17H2/t23-,24+,31+,32-/m0/s1. The largest absolute Gasteiger partial charge is 0.491 e. The molecule has 4 aromatic rings. The fourth-order valence-electron chi connectivity index (χ4n) is 7.57. The van der Waals surface area contributed by atoms with E-state index in [4.69, 9.17) is 9.15 Å². The molecule has 1 saturated heterocycles. The van der Waals surface area contributed by atoms with Gasteiger partial charge in [0.15, 0.2) is 17.1 Å². The van der Waals surface area contributed by atoms with Crippen LogP contribution in [0.4, 0.5) is 5.69 Å². The summed E-state index contributed by atoms with van der Waals surface area (Å²) in [7, 11) is 0. The number of nitrogens with zero attached hydrogens (tertiary/aromatic N) is 2. The molecule has 3 aliphatic carbocycles. The number of benzene rings is 3. The second-order valence-electron chi connectivity index (χ2n) is 12.0. The van der Waals surface area contributed by atoms with Crippen molar-refractivity contribution in [2.45, 2.75) is 18.8 Å². The lowest BCUT2D eigenvalue weighted by molar-refractivity contribution is -0.123. The van der Waals surface area contributed by atoms with Crippen molar-refractivity contribution in [2.24, 2.45) is 17.8 Å². The van der Waals surface area contributed by atoms with Gasteiger partial charge in [-0.2, -0.15) is 0 Å². The van der Waals surface area contributed by atoms with Crippen molar-refractivity contribution in [1.29, 1.82) is 0 Å². The predicted molar refractivity (Wildman–Crippen MR) is 176 cm³/mol. The van der Waals surface area contributed by atoms with Crippen LogP contribution in [0.25, 0.3) is 22.6 Å². The number of hydrogen-bond acceptors (Lipinski definition) is 8. The molecule has 0 radical (unpaired) electrons. The topological polar surface area (TPSA) is 127 Å². The van der Waals surface area contributed by atoms with Crippen LogP contribution in [0, 0.1) is 17.8 Å². The number of fused-ring (bicyclic) bond motifs is 4. The fourth-order valence-corrected chi connectivity index (χ4v) is 8.02. The van der Waals surface area contributed by atoms with Crippen LogP contribution in [0.5, 0.6) is 5.75 Å². The van der Waals surface area contributed by atoms with Crippen LogP contribution >= 0.6 is 15.9 Å². The highest BCUT2D eigenvalue weighted by Gasteiger charge is 2.57. The predicted octanol–water partition coefficient (Wildman–Crippen LogP) is 5.83. The van der Waals surface area contributed by atoms with E-state index >= 15 is 0 Å². The molecule has 4 aliphatic rings. The van der Waals surface area contributed by atoms with Crippen LogP contribution in [-0.2, 0) is 19.2 Å². The van der Waals surface area contributed by atoms with E-state index in [2.05, 4.69) is 20.9 Å². The maximum absolute atomic E-state index is 14.3. The van der Waals surface area contributed by atoms with Gasteiger partial charge in [-0.25, -0.2) is 4.98 Å². The Morgan fingerprint density at radius 3 is 2.49 bits per heavy atom. The van der Waals surface area contributed by atoms with Gasteiger partial charge in [0.05, 0.1) is 28.6 Å². The molecule has 2 heterocycles. The summed E-state index contributed by atoms with van der Waals surface area (Å²) in [5, 5.41) is 9.45. The summed E-state index contributed by atoms with van der Waals surface area (Å²) in [5.74, 6) is -2.76. The zero-order valence-electron chi connectivity index (χ0n) is 24.9. The molecule has 1 N–H and O–H groups in total. The number of Topliss-reactive ketones (excluding diaryl/α,β-unsaturated/α-hetero) is 1. The number of hydrogen-bond donors (Lipinski definition) is 1. The molecular formula is C37H27BrN2O7. The zero-order chi connectivity index (χ0) is 32.4. The lowest BCUT2D eigenvalue weighted by atomic mass is 9.59. The maximum Gasteiger partial charge on any atom is 0.238 e. The van der Waals surface area contributed by atoms with E-state index in [0.717, 1.165) is 11.1 Å². The Bertz CT molecular complexity index is 2070. The first kappa shape index (κ1) is 29.5. The molecule has 0 unspecified atom stereocenters. The normalized spacial score (nSPS) is 23.8. The third-order valence-electron chi connectivity index (χ3n) is 9.58.